The zero-order valence-corrected chi connectivity index (χ0v) is 25.7. The van der Waals surface area contributed by atoms with Crippen molar-refractivity contribution in [3.05, 3.63) is 72.3 Å². The first-order valence-electron chi connectivity index (χ1n) is 13.5. The summed E-state index contributed by atoms with van der Waals surface area (Å²) >= 11 is 1.39. The molecule has 0 unspecified atom stereocenters. The summed E-state index contributed by atoms with van der Waals surface area (Å²) in [4.78, 5) is 22.7. The highest BCUT2D eigenvalue weighted by Gasteiger charge is 2.26. The summed E-state index contributed by atoms with van der Waals surface area (Å²) in [5, 5.41) is 0.547. The maximum Gasteiger partial charge on any atom is 0.264 e. The minimum Gasteiger partial charge on any atom is -0.493 e. The first kappa shape index (κ1) is 30.3. The van der Waals surface area contributed by atoms with E-state index in [1.807, 2.05) is 12.1 Å². The standard InChI is InChI=1S/C30H36N4O5S2/c1-6-32(7-2)18-19-33(30-31-25-20-26(38-4)27(39-5)21-28(25)40-30)29(35)22-14-16-24(17-15-22)41(36,37)34(8-3)23-12-10-9-11-13-23/h9-17,20-21H,6-8,18-19H2,1-5H3. The third-order valence-corrected chi connectivity index (χ3v) is 9.87. The molecule has 218 valence electrons. The number of aromatic nitrogens is 1. The van der Waals surface area contributed by atoms with Gasteiger partial charge in [0.15, 0.2) is 16.6 Å². The van der Waals surface area contributed by atoms with Crippen LogP contribution in [0.2, 0.25) is 0 Å². The Balaban J connectivity index is 1.67. The third kappa shape index (κ3) is 6.47. The fourth-order valence-electron chi connectivity index (χ4n) is 4.56. The van der Waals surface area contributed by atoms with Crippen LogP contribution >= 0.6 is 11.3 Å². The molecule has 4 rings (SSSR count). The monoisotopic (exact) mass is 596 g/mol. The molecule has 1 amide bonds. The van der Waals surface area contributed by atoms with E-state index in [0.717, 1.165) is 17.8 Å². The van der Waals surface area contributed by atoms with Crippen molar-refractivity contribution in [3.63, 3.8) is 0 Å². The highest BCUT2D eigenvalue weighted by Crippen LogP contribution is 2.37. The number of rotatable bonds is 13. The van der Waals surface area contributed by atoms with Crippen molar-refractivity contribution in [2.45, 2.75) is 25.7 Å². The van der Waals surface area contributed by atoms with Crippen molar-refractivity contribution in [1.29, 1.82) is 0 Å². The topological polar surface area (TPSA) is 92.3 Å². The van der Waals surface area contributed by atoms with Gasteiger partial charge in [0, 0.05) is 37.3 Å². The number of fused-ring (bicyclic) bond motifs is 1. The molecular weight excluding hydrogens is 560 g/mol. The van der Waals surface area contributed by atoms with Crippen LogP contribution in [0.5, 0.6) is 11.5 Å². The molecule has 11 heteroatoms. The average molecular weight is 597 g/mol. The van der Waals surface area contributed by atoms with Crippen LogP contribution < -0.4 is 18.7 Å². The number of carbonyl (C=O) groups excluding carboxylic acids is 1. The molecule has 0 saturated carbocycles. The molecule has 0 aliphatic heterocycles. The summed E-state index contributed by atoms with van der Waals surface area (Å²) in [7, 11) is -0.662. The SMILES string of the molecule is CCN(CC)CCN(C(=O)c1ccc(S(=O)(=O)N(CC)c2ccccc2)cc1)c1nc2cc(OC)c(OC)cc2s1. The maximum atomic E-state index is 13.9. The highest BCUT2D eigenvalue weighted by molar-refractivity contribution is 7.92. The molecule has 4 aromatic rings. The first-order chi connectivity index (χ1) is 19.8. The van der Waals surface area contributed by atoms with Crippen LogP contribution in [0.1, 0.15) is 31.1 Å². The van der Waals surface area contributed by atoms with Crippen molar-refractivity contribution < 1.29 is 22.7 Å². The van der Waals surface area contributed by atoms with Gasteiger partial charge in [0.1, 0.15) is 0 Å². The molecule has 3 aromatic carbocycles. The lowest BCUT2D eigenvalue weighted by Gasteiger charge is -2.25. The average Bonchev–Trinajstić information content (AvgIpc) is 3.41. The number of carbonyl (C=O) groups is 1. The van der Waals surface area contributed by atoms with Gasteiger partial charge in [-0.05, 0) is 56.4 Å². The van der Waals surface area contributed by atoms with E-state index < -0.39 is 10.0 Å². The number of anilines is 2. The van der Waals surface area contributed by atoms with Crippen molar-refractivity contribution >= 4 is 48.3 Å². The molecule has 1 heterocycles. The van der Waals surface area contributed by atoms with Crippen LogP contribution in [-0.4, -0.2) is 71.2 Å². The van der Waals surface area contributed by atoms with E-state index in [2.05, 4.69) is 18.7 Å². The zero-order chi connectivity index (χ0) is 29.6. The Labute approximate surface area is 246 Å². The van der Waals surface area contributed by atoms with E-state index in [1.165, 1.54) is 27.8 Å². The van der Waals surface area contributed by atoms with Gasteiger partial charge in [0.05, 0.1) is 35.0 Å². The Morgan fingerprint density at radius 2 is 1.49 bits per heavy atom. The minimum absolute atomic E-state index is 0.119. The van der Waals surface area contributed by atoms with Gasteiger partial charge in [-0.2, -0.15) is 0 Å². The largest absolute Gasteiger partial charge is 0.493 e. The summed E-state index contributed by atoms with van der Waals surface area (Å²) in [6.07, 6.45) is 0. The smallest absolute Gasteiger partial charge is 0.264 e. The molecular formula is C30H36N4O5S2. The van der Waals surface area contributed by atoms with Gasteiger partial charge >= 0.3 is 0 Å². The minimum atomic E-state index is -3.81. The number of hydrogen-bond donors (Lipinski definition) is 0. The second-order valence-electron chi connectivity index (χ2n) is 9.18. The molecule has 0 spiro atoms. The molecule has 0 bridgehead atoms. The lowest BCUT2D eigenvalue weighted by molar-refractivity contribution is 0.0983. The lowest BCUT2D eigenvalue weighted by atomic mass is 10.2. The Kier molecular flexibility index (Phi) is 9.85. The Morgan fingerprint density at radius 1 is 0.854 bits per heavy atom. The fraction of sp³-hybridized carbons (Fsp3) is 0.333. The summed E-state index contributed by atoms with van der Waals surface area (Å²) in [5.74, 6) is 0.894. The molecule has 0 aliphatic carbocycles. The number of nitrogens with zero attached hydrogens (tertiary/aromatic N) is 4. The van der Waals surface area contributed by atoms with Crippen LogP contribution in [0.25, 0.3) is 10.2 Å². The third-order valence-electron chi connectivity index (χ3n) is 6.91. The van der Waals surface area contributed by atoms with E-state index in [9.17, 15) is 13.2 Å². The number of ether oxygens (including phenoxy) is 2. The molecule has 0 aliphatic rings. The number of hydrogen-bond acceptors (Lipinski definition) is 8. The number of thiazole rings is 1. The molecule has 0 atom stereocenters. The molecule has 1 aromatic heterocycles. The molecule has 9 nitrogen and oxygen atoms in total. The van der Waals surface area contributed by atoms with Crippen LogP contribution in [-0.2, 0) is 10.0 Å². The van der Waals surface area contributed by atoms with E-state index in [4.69, 9.17) is 14.5 Å². The summed E-state index contributed by atoms with van der Waals surface area (Å²) in [6, 6.07) is 18.7. The van der Waals surface area contributed by atoms with E-state index >= 15 is 0 Å². The van der Waals surface area contributed by atoms with Gasteiger partial charge in [0.25, 0.3) is 15.9 Å². The highest BCUT2D eigenvalue weighted by atomic mass is 32.2. The Hall–Kier alpha value is -3.67. The van der Waals surface area contributed by atoms with Gasteiger partial charge in [0.2, 0.25) is 0 Å². The summed E-state index contributed by atoms with van der Waals surface area (Å²) in [6.45, 7) is 9.03. The molecule has 0 saturated heterocycles. The Morgan fingerprint density at radius 3 is 2.07 bits per heavy atom. The number of methoxy groups -OCH3 is 2. The van der Waals surface area contributed by atoms with Crippen molar-refractivity contribution in [3.8, 4) is 11.5 Å². The van der Waals surface area contributed by atoms with Crippen molar-refractivity contribution in [1.82, 2.24) is 9.88 Å². The lowest BCUT2D eigenvalue weighted by Crippen LogP contribution is -2.39. The van der Waals surface area contributed by atoms with Gasteiger partial charge in [-0.1, -0.05) is 43.4 Å². The zero-order valence-electron chi connectivity index (χ0n) is 24.0. The van der Waals surface area contributed by atoms with Crippen LogP contribution in [0, 0.1) is 0 Å². The summed E-state index contributed by atoms with van der Waals surface area (Å²) < 4.78 is 40.0. The normalized spacial score (nSPS) is 11.6. The number of sulfonamides is 1. The first-order valence-corrected chi connectivity index (χ1v) is 15.8. The number of likely N-dealkylation sites (N-methyl/N-ethyl adjacent to an activating group) is 1. The second-order valence-corrected chi connectivity index (χ2v) is 12.1. The number of benzene rings is 3. The van der Waals surface area contributed by atoms with E-state index in [-0.39, 0.29) is 17.3 Å². The van der Waals surface area contributed by atoms with Gasteiger partial charge in [-0.25, -0.2) is 13.4 Å². The van der Waals surface area contributed by atoms with E-state index in [0.29, 0.717) is 46.5 Å². The molecule has 41 heavy (non-hydrogen) atoms. The van der Waals surface area contributed by atoms with Crippen molar-refractivity contribution in [2.24, 2.45) is 0 Å². The van der Waals surface area contributed by atoms with Crippen molar-refractivity contribution in [2.75, 3.05) is 56.1 Å². The molecule has 0 fully saturated rings. The number of amides is 1. The molecule has 0 radical (unpaired) electrons. The maximum absolute atomic E-state index is 13.9. The van der Waals surface area contributed by atoms with E-state index in [1.54, 1.807) is 68.5 Å². The van der Waals surface area contributed by atoms with Gasteiger partial charge in [-0.3, -0.25) is 14.0 Å². The quantitative estimate of drug-likeness (QED) is 0.201. The van der Waals surface area contributed by atoms with Gasteiger partial charge < -0.3 is 14.4 Å². The predicted octanol–water partition coefficient (Wildman–Crippen LogP) is 5.52. The Bertz CT molecular complexity index is 1530. The fourth-order valence-corrected chi connectivity index (χ4v) is 7.04. The second kappa shape index (κ2) is 13.3. The van der Waals surface area contributed by atoms with Crippen LogP contribution in [0.3, 0.4) is 0 Å². The number of para-hydroxylation sites is 1. The van der Waals surface area contributed by atoms with Crippen LogP contribution in [0.15, 0.2) is 71.6 Å². The molecule has 0 N–H and O–H groups in total. The predicted molar refractivity (Wildman–Crippen MR) is 165 cm³/mol. The van der Waals surface area contributed by atoms with Gasteiger partial charge in [-0.15, -0.1) is 0 Å². The van der Waals surface area contributed by atoms with Crippen LogP contribution in [0.4, 0.5) is 10.8 Å². The summed E-state index contributed by atoms with van der Waals surface area (Å²) in [5.41, 5.74) is 1.66.